The molecule has 0 aliphatic carbocycles. The number of rotatable bonds is 3. The van der Waals surface area contributed by atoms with E-state index >= 15 is 0 Å². The number of carbonyl (C=O) groups excluding carboxylic acids is 1. The van der Waals surface area contributed by atoms with Crippen LogP contribution in [0.2, 0.25) is 0 Å². The van der Waals surface area contributed by atoms with Gasteiger partial charge in [-0.05, 0) is 33.8 Å². The summed E-state index contributed by atoms with van der Waals surface area (Å²) in [6.07, 6.45) is -0.363. The smallest absolute Gasteiger partial charge is 0.255 e. The van der Waals surface area contributed by atoms with E-state index in [2.05, 4.69) is 28.6 Å². The van der Waals surface area contributed by atoms with Gasteiger partial charge in [-0.15, -0.1) is 10.2 Å². The predicted octanol–water partition coefficient (Wildman–Crippen LogP) is 2.59. The van der Waals surface area contributed by atoms with Crippen molar-refractivity contribution in [2.75, 3.05) is 19.7 Å². The molecule has 1 atom stereocenters. The quantitative estimate of drug-likeness (QED) is 0.864. The Hall–Kier alpha value is -2.15. The molecular weight excluding hydrogens is 308 g/mol. The number of amides is 1. The summed E-state index contributed by atoms with van der Waals surface area (Å²) in [4.78, 5) is 14.8. The Morgan fingerprint density at radius 3 is 2.62 bits per heavy atom. The van der Waals surface area contributed by atoms with E-state index in [-0.39, 0.29) is 12.0 Å². The fourth-order valence-corrected chi connectivity index (χ4v) is 3.38. The summed E-state index contributed by atoms with van der Waals surface area (Å²) < 4.78 is 13.3. The van der Waals surface area contributed by atoms with Crippen LogP contribution in [0.3, 0.4) is 0 Å². The van der Waals surface area contributed by atoms with Crippen LogP contribution < -0.4 is 0 Å². The number of ether oxygens (including phenoxy) is 1. The largest absolute Gasteiger partial charge is 0.423 e. The third-order valence-electron chi connectivity index (χ3n) is 4.40. The molecule has 7 nitrogen and oxygen atoms in total. The zero-order chi connectivity index (χ0) is 17.4. The molecule has 1 fully saturated rings. The van der Waals surface area contributed by atoms with E-state index in [9.17, 15) is 4.79 Å². The average Bonchev–Trinajstić information content (AvgIpc) is 3.10. The van der Waals surface area contributed by atoms with Crippen molar-refractivity contribution in [2.45, 2.75) is 46.8 Å². The Morgan fingerprint density at radius 2 is 2.04 bits per heavy atom. The molecule has 0 unspecified atom stereocenters. The van der Waals surface area contributed by atoms with Gasteiger partial charge in [0.25, 0.3) is 5.91 Å². The zero-order valence-corrected chi connectivity index (χ0v) is 14.9. The highest BCUT2D eigenvalue weighted by Crippen LogP contribution is 2.25. The number of aryl methyl sites for hydroxylation is 2. The third-order valence-corrected chi connectivity index (χ3v) is 4.40. The van der Waals surface area contributed by atoms with Crippen LogP contribution >= 0.6 is 0 Å². The molecule has 24 heavy (non-hydrogen) atoms. The number of hydrogen-bond acceptors (Lipinski definition) is 5. The van der Waals surface area contributed by atoms with E-state index < -0.39 is 0 Å². The Kier molecular flexibility index (Phi) is 4.45. The Morgan fingerprint density at radius 1 is 1.29 bits per heavy atom. The highest BCUT2D eigenvalue weighted by Gasteiger charge is 2.31. The molecule has 7 heteroatoms. The fourth-order valence-electron chi connectivity index (χ4n) is 3.38. The molecule has 3 heterocycles. The maximum atomic E-state index is 13.0. The van der Waals surface area contributed by atoms with Crippen molar-refractivity contribution < 1.29 is 13.9 Å². The van der Waals surface area contributed by atoms with Gasteiger partial charge < -0.3 is 18.6 Å². The van der Waals surface area contributed by atoms with E-state index in [1.54, 1.807) is 11.8 Å². The van der Waals surface area contributed by atoms with Gasteiger partial charge in [0.2, 0.25) is 11.8 Å². The lowest BCUT2D eigenvalue weighted by atomic mass is 10.2. The maximum absolute atomic E-state index is 13.0. The van der Waals surface area contributed by atoms with Gasteiger partial charge in [-0.25, -0.2) is 0 Å². The first kappa shape index (κ1) is 16.7. The molecule has 0 saturated carbocycles. The third kappa shape index (κ3) is 2.96. The van der Waals surface area contributed by atoms with Crippen LogP contribution in [-0.2, 0) is 4.74 Å². The van der Waals surface area contributed by atoms with Gasteiger partial charge in [0, 0.05) is 30.9 Å². The predicted molar refractivity (Wildman–Crippen MR) is 87.9 cm³/mol. The van der Waals surface area contributed by atoms with Gasteiger partial charge in [0.15, 0.2) is 6.10 Å². The van der Waals surface area contributed by atoms with Crippen molar-refractivity contribution in [3.05, 3.63) is 34.8 Å². The van der Waals surface area contributed by atoms with Crippen molar-refractivity contribution in [3.63, 3.8) is 0 Å². The van der Waals surface area contributed by atoms with Gasteiger partial charge in [0.05, 0.1) is 18.7 Å². The van der Waals surface area contributed by atoms with Crippen LogP contribution in [0.1, 0.15) is 59.5 Å². The van der Waals surface area contributed by atoms with Crippen molar-refractivity contribution in [1.82, 2.24) is 19.7 Å². The Labute approximate surface area is 141 Å². The lowest BCUT2D eigenvalue weighted by Crippen LogP contribution is -2.42. The highest BCUT2D eigenvalue weighted by atomic mass is 16.5. The molecule has 0 radical (unpaired) electrons. The highest BCUT2D eigenvalue weighted by molar-refractivity contribution is 5.95. The van der Waals surface area contributed by atoms with E-state index in [0.29, 0.717) is 37.5 Å². The summed E-state index contributed by atoms with van der Waals surface area (Å²) in [6, 6.07) is 2.30. The van der Waals surface area contributed by atoms with Crippen LogP contribution in [0, 0.1) is 20.8 Å². The van der Waals surface area contributed by atoms with Crippen LogP contribution in [0.5, 0.6) is 0 Å². The number of nitrogens with zero attached hydrogens (tertiary/aromatic N) is 4. The van der Waals surface area contributed by atoms with Gasteiger partial charge in [-0.1, -0.05) is 0 Å². The van der Waals surface area contributed by atoms with Gasteiger partial charge in [-0.2, -0.15) is 0 Å². The summed E-state index contributed by atoms with van der Waals surface area (Å²) in [7, 11) is 0. The van der Waals surface area contributed by atoms with Crippen molar-refractivity contribution in [1.29, 1.82) is 0 Å². The lowest BCUT2D eigenvalue weighted by molar-refractivity contribution is -0.0349. The number of morpholine rings is 1. The second-order valence-corrected chi connectivity index (χ2v) is 6.52. The molecule has 0 aromatic carbocycles. The molecule has 3 rings (SSSR count). The monoisotopic (exact) mass is 332 g/mol. The number of carbonyl (C=O) groups is 1. The summed E-state index contributed by atoms with van der Waals surface area (Å²) in [5.41, 5.74) is 2.86. The van der Waals surface area contributed by atoms with Crippen molar-refractivity contribution in [3.8, 4) is 0 Å². The van der Waals surface area contributed by atoms with E-state index in [1.807, 2.05) is 19.9 Å². The molecule has 2 aromatic heterocycles. The first-order valence-electron chi connectivity index (χ1n) is 8.27. The average molecular weight is 332 g/mol. The molecule has 0 N–H and O–H groups in total. The standard InChI is InChI=1S/C17H24N4O3/c1-10(2)21-11(3)8-14(12(21)4)17(22)20-6-7-23-15(9-20)16-19-18-13(5)24-16/h8,10,15H,6-7,9H2,1-5H3/t15-/m0/s1. The Bertz CT molecular complexity index is 747. The Balaban J connectivity index is 1.81. The molecule has 1 amide bonds. The SMILES string of the molecule is Cc1nnc([C@@H]2CN(C(=O)c3cc(C)n(C(C)C)c3C)CCO2)o1. The van der Waals surface area contributed by atoms with Gasteiger partial charge >= 0.3 is 0 Å². The molecular formula is C17H24N4O3. The maximum Gasteiger partial charge on any atom is 0.255 e. The number of aromatic nitrogens is 3. The first-order valence-corrected chi connectivity index (χ1v) is 8.27. The molecule has 1 aliphatic heterocycles. The van der Waals surface area contributed by atoms with E-state index in [4.69, 9.17) is 9.15 Å². The first-order chi connectivity index (χ1) is 11.4. The van der Waals surface area contributed by atoms with Gasteiger partial charge in [0.1, 0.15) is 0 Å². The second-order valence-electron chi connectivity index (χ2n) is 6.52. The topological polar surface area (TPSA) is 73.4 Å². The summed E-state index contributed by atoms with van der Waals surface area (Å²) >= 11 is 0. The molecule has 0 bridgehead atoms. The molecule has 1 saturated heterocycles. The summed E-state index contributed by atoms with van der Waals surface area (Å²) in [6.45, 7) is 11.5. The molecule has 1 aliphatic rings. The minimum Gasteiger partial charge on any atom is -0.423 e. The minimum atomic E-state index is -0.363. The van der Waals surface area contributed by atoms with Crippen molar-refractivity contribution >= 4 is 5.91 Å². The fraction of sp³-hybridized carbons (Fsp3) is 0.588. The van der Waals surface area contributed by atoms with E-state index in [0.717, 1.165) is 17.0 Å². The van der Waals surface area contributed by atoms with Crippen LogP contribution in [0.4, 0.5) is 0 Å². The van der Waals surface area contributed by atoms with E-state index in [1.165, 1.54) is 0 Å². The summed E-state index contributed by atoms with van der Waals surface area (Å²) in [5.74, 6) is 0.953. The molecule has 130 valence electrons. The second kappa shape index (κ2) is 6.39. The van der Waals surface area contributed by atoms with Crippen molar-refractivity contribution in [2.24, 2.45) is 0 Å². The number of hydrogen-bond donors (Lipinski definition) is 0. The lowest BCUT2D eigenvalue weighted by Gasteiger charge is -2.31. The van der Waals surface area contributed by atoms with Crippen LogP contribution in [0.15, 0.2) is 10.5 Å². The normalized spacial score (nSPS) is 18.4. The molecule has 0 spiro atoms. The minimum absolute atomic E-state index is 0.0273. The van der Waals surface area contributed by atoms with Gasteiger partial charge in [-0.3, -0.25) is 4.79 Å². The van der Waals surface area contributed by atoms with Crippen LogP contribution in [0.25, 0.3) is 0 Å². The van der Waals surface area contributed by atoms with Crippen LogP contribution in [-0.4, -0.2) is 45.3 Å². The summed E-state index contributed by atoms with van der Waals surface area (Å²) in [5, 5.41) is 7.85. The zero-order valence-electron chi connectivity index (χ0n) is 14.9. The molecule has 2 aromatic rings.